The van der Waals surface area contributed by atoms with E-state index in [2.05, 4.69) is 9.97 Å². The van der Waals surface area contributed by atoms with Crippen LogP contribution in [-0.2, 0) is 6.42 Å². The van der Waals surface area contributed by atoms with Gasteiger partial charge >= 0.3 is 0 Å². The Morgan fingerprint density at radius 3 is 2.61 bits per heavy atom. The maximum atomic E-state index is 12.9. The number of pyridine rings is 2. The number of nitrogens with zero attached hydrogens (tertiary/aromatic N) is 1. The summed E-state index contributed by atoms with van der Waals surface area (Å²) in [5, 5.41) is 10.7. The zero-order valence-electron chi connectivity index (χ0n) is 14.8. The molecule has 28 heavy (non-hydrogen) atoms. The zero-order valence-corrected chi connectivity index (χ0v) is 14.8. The van der Waals surface area contributed by atoms with E-state index < -0.39 is 5.56 Å². The second-order valence-electron chi connectivity index (χ2n) is 6.21. The van der Waals surface area contributed by atoms with Crippen LogP contribution in [0.1, 0.15) is 15.9 Å². The van der Waals surface area contributed by atoms with Gasteiger partial charge in [0.2, 0.25) is 5.88 Å². The molecule has 0 saturated carbocycles. The Morgan fingerprint density at radius 1 is 1.00 bits per heavy atom. The summed E-state index contributed by atoms with van der Waals surface area (Å²) in [4.78, 5) is 31.7. The number of aromatic amines is 1. The summed E-state index contributed by atoms with van der Waals surface area (Å²) >= 11 is 0. The van der Waals surface area contributed by atoms with Crippen molar-refractivity contribution in [2.45, 2.75) is 6.42 Å². The van der Waals surface area contributed by atoms with Crippen molar-refractivity contribution in [3.63, 3.8) is 0 Å². The van der Waals surface area contributed by atoms with Crippen LogP contribution in [0.5, 0.6) is 17.4 Å². The third kappa shape index (κ3) is 3.48. The van der Waals surface area contributed by atoms with Gasteiger partial charge in [0.1, 0.15) is 11.5 Å². The number of aromatic nitrogens is 2. The number of rotatable bonds is 5. The fraction of sp³-hybridized carbons (Fsp3) is 0.0455. The number of para-hydroxylation sites is 2. The summed E-state index contributed by atoms with van der Waals surface area (Å²) < 4.78 is 5.76. The fourth-order valence-corrected chi connectivity index (χ4v) is 2.95. The summed E-state index contributed by atoms with van der Waals surface area (Å²) in [5.74, 6) is 0.471. The molecule has 138 valence electrons. The van der Waals surface area contributed by atoms with Crippen molar-refractivity contribution < 1.29 is 14.6 Å². The first-order chi connectivity index (χ1) is 13.6. The molecule has 0 aliphatic heterocycles. The Hall–Kier alpha value is -3.93. The highest BCUT2D eigenvalue weighted by atomic mass is 16.5. The van der Waals surface area contributed by atoms with Crippen LogP contribution in [0.4, 0.5) is 0 Å². The van der Waals surface area contributed by atoms with Gasteiger partial charge in [-0.3, -0.25) is 9.59 Å². The van der Waals surface area contributed by atoms with E-state index in [0.717, 1.165) is 5.39 Å². The van der Waals surface area contributed by atoms with E-state index in [1.165, 1.54) is 12.3 Å². The standard InChI is InChI=1S/C22H16N2O4/c25-18-11-12-23-22(27)17(18)13-19(26)16-8-4-5-14-9-10-20(24-21(14)16)28-15-6-2-1-3-7-15/h1-12H,13H2,(H2,23,25,27). The topological polar surface area (TPSA) is 92.3 Å². The van der Waals surface area contributed by atoms with Gasteiger partial charge in [0, 0.05) is 29.6 Å². The molecule has 0 radical (unpaired) electrons. The molecule has 0 spiro atoms. The molecular weight excluding hydrogens is 356 g/mol. The normalized spacial score (nSPS) is 10.7. The number of ether oxygens (including phenoxy) is 1. The molecule has 6 nitrogen and oxygen atoms in total. The van der Waals surface area contributed by atoms with Crippen LogP contribution in [0, 0.1) is 0 Å². The average molecular weight is 372 g/mol. The van der Waals surface area contributed by atoms with Gasteiger partial charge in [0.25, 0.3) is 5.56 Å². The van der Waals surface area contributed by atoms with Gasteiger partial charge in [-0.15, -0.1) is 0 Å². The highest BCUT2D eigenvalue weighted by Crippen LogP contribution is 2.25. The molecule has 6 heteroatoms. The van der Waals surface area contributed by atoms with Gasteiger partial charge in [-0.1, -0.05) is 30.3 Å². The minimum atomic E-state index is -0.491. The second-order valence-corrected chi connectivity index (χ2v) is 6.21. The number of carbonyl (C=O) groups is 1. The number of carbonyl (C=O) groups excluding carboxylic acids is 1. The van der Waals surface area contributed by atoms with E-state index in [1.807, 2.05) is 42.5 Å². The zero-order chi connectivity index (χ0) is 19.5. The number of ketones is 1. The van der Waals surface area contributed by atoms with Gasteiger partial charge in [0.05, 0.1) is 11.1 Å². The number of benzene rings is 2. The monoisotopic (exact) mass is 372 g/mol. The smallest absolute Gasteiger partial charge is 0.255 e. The van der Waals surface area contributed by atoms with Crippen LogP contribution in [-0.4, -0.2) is 20.9 Å². The minimum Gasteiger partial charge on any atom is -0.507 e. The van der Waals surface area contributed by atoms with Gasteiger partial charge in [-0.2, -0.15) is 0 Å². The molecule has 0 atom stereocenters. The molecule has 2 heterocycles. The Labute approximate surface area is 160 Å². The third-order valence-electron chi connectivity index (χ3n) is 4.34. The molecule has 0 bridgehead atoms. The molecular formula is C22H16N2O4. The quantitative estimate of drug-likeness (QED) is 0.519. The predicted molar refractivity (Wildman–Crippen MR) is 105 cm³/mol. The van der Waals surface area contributed by atoms with Crippen molar-refractivity contribution in [1.29, 1.82) is 0 Å². The van der Waals surface area contributed by atoms with E-state index >= 15 is 0 Å². The largest absolute Gasteiger partial charge is 0.507 e. The Kier molecular flexibility index (Phi) is 4.60. The van der Waals surface area contributed by atoms with E-state index in [4.69, 9.17) is 4.74 Å². The first-order valence-corrected chi connectivity index (χ1v) is 8.67. The summed E-state index contributed by atoms with van der Waals surface area (Å²) in [5.41, 5.74) is 0.377. The number of H-pyrrole nitrogens is 1. The summed E-state index contributed by atoms with van der Waals surface area (Å²) in [6.45, 7) is 0. The summed E-state index contributed by atoms with van der Waals surface area (Å²) in [7, 11) is 0. The number of hydrogen-bond donors (Lipinski definition) is 2. The lowest BCUT2D eigenvalue weighted by atomic mass is 10.0. The maximum Gasteiger partial charge on any atom is 0.255 e. The third-order valence-corrected chi connectivity index (χ3v) is 4.34. The molecule has 4 aromatic rings. The van der Waals surface area contributed by atoms with Crippen molar-refractivity contribution in [2.24, 2.45) is 0 Å². The fourth-order valence-electron chi connectivity index (χ4n) is 2.95. The van der Waals surface area contributed by atoms with Gasteiger partial charge < -0.3 is 14.8 Å². The van der Waals surface area contributed by atoms with Crippen LogP contribution in [0.3, 0.4) is 0 Å². The molecule has 0 saturated heterocycles. The van der Waals surface area contributed by atoms with Crippen LogP contribution in [0.25, 0.3) is 10.9 Å². The molecule has 0 aliphatic carbocycles. The Balaban J connectivity index is 1.71. The van der Waals surface area contributed by atoms with E-state index in [9.17, 15) is 14.7 Å². The van der Waals surface area contributed by atoms with Crippen molar-refractivity contribution in [1.82, 2.24) is 9.97 Å². The van der Waals surface area contributed by atoms with Crippen LogP contribution in [0.2, 0.25) is 0 Å². The molecule has 0 aliphatic rings. The molecule has 2 N–H and O–H groups in total. The van der Waals surface area contributed by atoms with Gasteiger partial charge in [-0.05, 0) is 30.3 Å². The van der Waals surface area contributed by atoms with E-state index in [0.29, 0.717) is 22.7 Å². The molecule has 0 amide bonds. The summed E-state index contributed by atoms with van der Waals surface area (Å²) in [6, 6.07) is 19.4. The lowest BCUT2D eigenvalue weighted by Crippen LogP contribution is -2.16. The van der Waals surface area contributed by atoms with Crippen LogP contribution < -0.4 is 10.3 Å². The first kappa shape index (κ1) is 17.5. The van der Waals surface area contributed by atoms with Crippen LogP contribution >= 0.6 is 0 Å². The number of nitrogens with one attached hydrogen (secondary N) is 1. The number of aromatic hydroxyl groups is 1. The molecule has 0 unspecified atom stereocenters. The average Bonchev–Trinajstić information content (AvgIpc) is 2.71. The van der Waals surface area contributed by atoms with Crippen molar-refractivity contribution in [3.8, 4) is 17.4 Å². The highest BCUT2D eigenvalue weighted by Gasteiger charge is 2.17. The molecule has 2 aromatic carbocycles. The summed E-state index contributed by atoms with van der Waals surface area (Å²) in [6.07, 6.45) is 1.10. The van der Waals surface area contributed by atoms with Crippen LogP contribution in [0.15, 0.2) is 77.7 Å². The molecule has 2 aromatic heterocycles. The number of fused-ring (bicyclic) bond motifs is 1. The molecule has 0 fully saturated rings. The van der Waals surface area contributed by atoms with Crippen molar-refractivity contribution in [2.75, 3.05) is 0 Å². The number of Topliss-reactive ketones (excluding diaryl/α,β-unsaturated/α-hetero) is 1. The minimum absolute atomic E-state index is 0.0289. The first-order valence-electron chi connectivity index (χ1n) is 8.67. The predicted octanol–water partition coefficient (Wildman–Crippen LogP) is 3.85. The second kappa shape index (κ2) is 7.36. The van der Waals surface area contributed by atoms with Crippen molar-refractivity contribution in [3.05, 3.63) is 94.4 Å². The molecule has 4 rings (SSSR count). The van der Waals surface area contributed by atoms with Gasteiger partial charge in [0.15, 0.2) is 5.78 Å². The Bertz CT molecular complexity index is 1220. The van der Waals surface area contributed by atoms with Gasteiger partial charge in [-0.25, -0.2) is 4.98 Å². The lowest BCUT2D eigenvalue weighted by Gasteiger charge is -2.09. The van der Waals surface area contributed by atoms with E-state index in [1.54, 1.807) is 18.2 Å². The van der Waals surface area contributed by atoms with Crippen molar-refractivity contribution >= 4 is 16.7 Å². The maximum absolute atomic E-state index is 12.9. The lowest BCUT2D eigenvalue weighted by molar-refractivity contribution is 0.0993. The number of hydrogen-bond acceptors (Lipinski definition) is 5. The highest BCUT2D eigenvalue weighted by molar-refractivity contribution is 6.07. The Morgan fingerprint density at radius 2 is 1.82 bits per heavy atom. The van der Waals surface area contributed by atoms with E-state index in [-0.39, 0.29) is 23.5 Å². The SMILES string of the molecule is O=C(Cc1c(O)cc[nH]c1=O)c1cccc2ccc(Oc3ccccc3)nc12.